The fourth-order valence-corrected chi connectivity index (χ4v) is 2.52. The molecule has 0 fully saturated rings. The van der Waals surface area contributed by atoms with Gasteiger partial charge in [-0.15, -0.1) is 0 Å². The van der Waals surface area contributed by atoms with Crippen LogP contribution in [0.15, 0.2) is 12.5 Å². The molecule has 2 aromatic rings. The molecule has 5 heteroatoms. The third-order valence-corrected chi connectivity index (χ3v) is 3.17. The Hall–Kier alpha value is -1.78. The van der Waals surface area contributed by atoms with Crippen molar-refractivity contribution in [2.45, 2.75) is 53.1 Å². The summed E-state index contributed by atoms with van der Waals surface area (Å²) in [6, 6.07) is 0. The van der Waals surface area contributed by atoms with Gasteiger partial charge in [0.25, 0.3) is 0 Å². The van der Waals surface area contributed by atoms with Crippen molar-refractivity contribution in [2.75, 3.05) is 5.73 Å². The van der Waals surface area contributed by atoms with E-state index in [-0.39, 0.29) is 5.54 Å². The molecule has 0 spiro atoms. The average molecular weight is 261 g/mol. The maximum absolute atomic E-state index is 6.31. The zero-order valence-electron chi connectivity index (χ0n) is 12.4. The van der Waals surface area contributed by atoms with E-state index in [1.165, 1.54) is 0 Å². The minimum Gasteiger partial charge on any atom is -0.383 e. The van der Waals surface area contributed by atoms with Gasteiger partial charge in [0.2, 0.25) is 0 Å². The number of nitrogen functional groups attached to an aromatic ring is 1. The summed E-state index contributed by atoms with van der Waals surface area (Å²) in [5.41, 5.74) is 8.05. The molecule has 0 saturated carbocycles. The Bertz CT molecular complexity index is 571. The molecule has 2 aromatic heterocycles. The lowest BCUT2D eigenvalue weighted by Gasteiger charge is -2.24. The standard InChI is InChI=1S/C14H23N5/c1-6-7-18-9-16-8-11(18)12-13(15)19(10(2)17-12)14(3,4)5/h8-9H,6-7,15H2,1-5H3. The Morgan fingerprint density at radius 2 is 2.00 bits per heavy atom. The fraction of sp³-hybridized carbons (Fsp3) is 0.571. The molecule has 2 N–H and O–H groups in total. The number of aryl methyl sites for hydroxylation is 2. The molecule has 0 unspecified atom stereocenters. The van der Waals surface area contributed by atoms with Crippen LogP contribution in [-0.4, -0.2) is 19.1 Å². The molecular formula is C14H23N5. The second-order valence-electron chi connectivity index (χ2n) is 5.87. The summed E-state index contributed by atoms with van der Waals surface area (Å²) < 4.78 is 4.18. The quantitative estimate of drug-likeness (QED) is 0.924. The predicted molar refractivity (Wildman–Crippen MR) is 77.9 cm³/mol. The van der Waals surface area contributed by atoms with E-state index in [0.717, 1.165) is 30.2 Å². The normalized spacial score (nSPS) is 12.1. The van der Waals surface area contributed by atoms with Crippen molar-refractivity contribution in [1.29, 1.82) is 0 Å². The predicted octanol–water partition coefficient (Wildman–Crippen LogP) is 2.80. The molecule has 0 aliphatic carbocycles. The van der Waals surface area contributed by atoms with Crippen molar-refractivity contribution in [3.63, 3.8) is 0 Å². The summed E-state index contributed by atoms with van der Waals surface area (Å²) in [6.07, 6.45) is 4.73. The highest BCUT2D eigenvalue weighted by atomic mass is 15.2. The number of hydrogen-bond acceptors (Lipinski definition) is 3. The van der Waals surface area contributed by atoms with Crippen molar-refractivity contribution in [2.24, 2.45) is 0 Å². The van der Waals surface area contributed by atoms with Crippen LogP contribution in [0.4, 0.5) is 5.82 Å². The number of aromatic nitrogens is 4. The maximum atomic E-state index is 6.31. The Morgan fingerprint density at radius 3 is 2.53 bits per heavy atom. The molecule has 0 atom stereocenters. The second kappa shape index (κ2) is 4.72. The summed E-state index contributed by atoms with van der Waals surface area (Å²) in [5.74, 6) is 1.65. The summed E-state index contributed by atoms with van der Waals surface area (Å²) in [5, 5.41) is 0. The molecule has 0 aromatic carbocycles. The van der Waals surface area contributed by atoms with E-state index in [2.05, 4.69) is 46.8 Å². The van der Waals surface area contributed by atoms with Crippen LogP contribution in [0.2, 0.25) is 0 Å². The maximum Gasteiger partial charge on any atom is 0.133 e. The molecule has 0 bridgehead atoms. The number of rotatable bonds is 3. The van der Waals surface area contributed by atoms with E-state index in [4.69, 9.17) is 5.73 Å². The monoisotopic (exact) mass is 261 g/mol. The van der Waals surface area contributed by atoms with Crippen molar-refractivity contribution < 1.29 is 0 Å². The van der Waals surface area contributed by atoms with Gasteiger partial charge in [-0.25, -0.2) is 9.97 Å². The van der Waals surface area contributed by atoms with Crippen LogP contribution in [0.1, 0.15) is 39.9 Å². The van der Waals surface area contributed by atoms with E-state index in [1.54, 1.807) is 0 Å². The molecule has 0 aliphatic heterocycles. The second-order valence-corrected chi connectivity index (χ2v) is 5.87. The molecule has 0 aliphatic rings. The van der Waals surface area contributed by atoms with Gasteiger partial charge in [0.05, 0.1) is 18.2 Å². The summed E-state index contributed by atoms with van der Waals surface area (Å²) >= 11 is 0. The van der Waals surface area contributed by atoms with Gasteiger partial charge in [0.15, 0.2) is 0 Å². The van der Waals surface area contributed by atoms with Gasteiger partial charge in [-0.3, -0.25) is 0 Å². The Balaban J connectivity index is 2.55. The van der Waals surface area contributed by atoms with E-state index in [1.807, 2.05) is 19.4 Å². The molecule has 0 saturated heterocycles. The average Bonchev–Trinajstić information content (AvgIpc) is 2.82. The van der Waals surface area contributed by atoms with Crippen LogP contribution in [0.3, 0.4) is 0 Å². The van der Waals surface area contributed by atoms with Gasteiger partial charge in [0, 0.05) is 12.1 Å². The van der Waals surface area contributed by atoms with Gasteiger partial charge < -0.3 is 14.9 Å². The van der Waals surface area contributed by atoms with Crippen molar-refractivity contribution >= 4 is 5.82 Å². The summed E-state index contributed by atoms with van der Waals surface area (Å²) in [6.45, 7) is 11.5. The Labute approximate surface area is 114 Å². The van der Waals surface area contributed by atoms with Gasteiger partial charge >= 0.3 is 0 Å². The summed E-state index contributed by atoms with van der Waals surface area (Å²) in [7, 11) is 0. The molecule has 5 nitrogen and oxygen atoms in total. The lowest BCUT2D eigenvalue weighted by molar-refractivity contribution is 0.393. The van der Waals surface area contributed by atoms with Crippen LogP contribution in [0, 0.1) is 6.92 Å². The Kier molecular flexibility index (Phi) is 3.39. The van der Waals surface area contributed by atoms with E-state index in [0.29, 0.717) is 5.82 Å². The summed E-state index contributed by atoms with van der Waals surface area (Å²) in [4.78, 5) is 8.86. The van der Waals surface area contributed by atoms with Gasteiger partial charge in [-0.2, -0.15) is 0 Å². The number of anilines is 1. The van der Waals surface area contributed by atoms with E-state index < -0.39 is 0 Å². The lowest BCUT2D eigenvalue weighted by Crippen LogP contribution is -2.24. The number of nitrogens with zero attached hydrogens (tertiary/aromatic N) is 4. The minimum atomic E-state index is -0.0744. The zero-order chi connectivity index (χ0) is 14.2. The van der Waals surface area contributed by atoms with Crippen LogP contribution in [-0.2, 0) is 12.1 Å². The molecule has 0 radical (unpaired) electrons. The first kappa shape index (κ1) is 13.6. The largest absolute Gasteiger partial charge is 0.383 e. The first-order chi connectivity index (χ1) is 8.86. The molecule has 2 rings (SSSR count). The Morgan fingerprint density at radius 1 is 1.32 bits per heavy atom. The van der Waals surface area contributed by atoms with Crippen LogP contribution >= 0.6 is 0 Å². The van der Waals surface area contributed by atoms with Crippen LogP contribution < -0.4 is 5.73 Å². The first-order valence-electron chi connectivity index (χ1n) is 6.72. The molecular weight excluding hydrogens is 238 g/mol. The van der Waals surface area contributed by atoms with Gasteiger partial charge in [-0.05, 0) is 34.1 Å². The number of hydrogen-bond donors (Lipinski definition) is 1. The van der Waals surface area contributed by atoms with Gasteiger partial charge in [-0.1, -0.05) is 6.92 Å². The third kappa shape index (κ3) is 2.37. The SMILES string of the molecule is CCCn1cncc1-c1nc(C)n(C(C)(C)C)c1N. The fourth-order valence-electron chi connectivity index (χ4n) is 2.52. The topological polar surface area (TPSA) is 61.7 Å². The third-order valence-electron chi connectivity index (χ3n) is 3.17. The number of nitrogens with two attached hydrogens (primary N) is 1. The van der Waals surface area contributed by atoms with Crippen LogP contribution in [0.5, 0.6) is 0 Å². The number of imidazole rings is 2. The molecule has 0 amide bonds. The molecule has 2 heterocycles. The van der Waals surface area contributed by atoms with Crippen LogP contribution in [0.25, 0.3) is 11.4 Å². The molecule has 104 valence electrons. The van der Waals surface area contributed by atoms with Crippen molar-refractivity contribution in [3.05, 3.63) is 18.3 Å². The highest BCUT2D eigenvalue weighted by Gasteiger charge is 2.23. The van der Waals surface area contributed by atoms with Gasteiger partial charge in [0.1, 0.15) is 17.3 Å². The first-order valence-corrected chi connectivity index (χ1v) is 6.72. The lowest BCUT2D eigenvalue weighted by atomic mass is 10.1. The van der Waals surface area contributed by atoms with E-state index >= 15 is 0 Å². The highest BCUT2D eigenvalue weighted by molar-refractivity contribution is 5.68. The smallest absolute Gasteiger partial charge is 0.133 e. The highest BCUT2D eigenvalue weighted by Crippen LogP contribution is 2.30. The minimum absolute atomic E-state index is 0.0744. The zero-order valence-corrected chi connectivity index (χ0v) is 12.4. The molecule has 19 heavy (non-hydrogen) atoms. The van der Waals surface area contributed by atoms with E-state index in [9.17, 15) is 0 Å². The van der Waals surface area contributed by atoms with Crippen molar-refractivity contribution in [1.82, 2.24) is 19.1 Å². The van der Waals surface area contributed by atoms with Crippen molar-refractivity contribution in [3.8, 4) is 11.4 Å².